The lowest BCUT2D eigenvalue weighted by atomic mass is 10.2. The lowest BCUT2D eigenvalue weighted by Gasteiger charge is -2.06. The fourth-order valence-electron chi connectivity index (χ4n) is 1.21. The minimum atomic E-state index is -0.933. The van der Waals surface area contributed by atoms with Crippen molar-refractivity contribution in [2.45, 2.75) is 13.3 Å². The standard InChI is InChI=1S/C12H12BrNO2/c1-2-3-4-5-14-11-7-9(12(15)16)6-10(13)8-11/h6-8,14H,4-5H2,1H3,(H,15,16). The van der Waals surface area contributed by atoms with E-state index in [-0.39, 0.29) is 5.56 Å². The molecular weight excluding hydrogens is 270 g/mol. The number of halogens is 1. The van der Waals surface area contributed by atoms with Crippen LogP contribution in [-0.2, 0) is 0 Å². The number of carboxylic acids is 1. The smallest absolute Gasteiger partial charge is 0.335 e. The van der Waals surface area contributed by atoms with E-state index in [1.54, 1.807) is 19.1 Å². The monoisotopic (exact) mass is 281 g/mol. The lowest BCUT2D eigenvalue weighted by Crippen LogP contribution is -2.03. The minimum absolute atomic E-state index is 0.262. The van der Waals surface area contributed by atoms with Crippen LogP contribution in [0.4, 0.5) is 5.69 Å². The van der Waals surface area contributed by atoms with Crippen molar-refractivity contribution in [1.29, 1.82) is 0 Å². The van der Waals surface area contributed by atoms with Gasteiger partial charge in [-0.25, -0.2) is 4.79 Å². The van der Waals surface area contributed by atoms with Crippen molar-refractivity contribution < 1.29 is 9.90 Å². The molecule has 0 spiro atoms. The Hall–Kier alpha value is -1.47. The van der Waals surface area contributed by atoms with Gasteiger partial charge in [-0.3, -0.25) is 0 Å². The lowest BCUT2D eigenvalue weighted by molar-refractivity contribution is 0.0697. The highest BCUT2D eigenvalue weighted by atomic mass is 79.9. The Balaban J connectivity index is 2.71. The fraction of sp³-hybridized carbons (Fsp3) is 0.250. The van der Waals surface area contributed by atoms with Crippen LogP contribution in [0.2, 0.25) is 0 Å². The van der Waals surface area contributed by atoms with Crippen molar-refractivity contribution in [3.05, 3.63) is 28.2 Å². The van der Waals surface area contributed by atoms with Crippen LogP contribution in [-0.4, -0.2) is 17.6 Å². The highest BCUT2D eigenvalue weighted by molar-refractivity contribution is 9.10. The van der Waals surface area contributed by atoms with Crippen molar-refractivity contribution in [3.63, 3.8) is 0 Å². The summed E-state index contributed by atoms with van der Waals surface area (Å²) in [6.45, 7) is 2.50. The molecule has 84 valence electrons. The van der Waals surface area contributed by atoms with Gasteiger partial charge in [0.1, 0.15) is 0 Å². The van der Waals surface area contributed by atoms with E-state index in [2.05, 4.69) is 33.1 Å². The Bertz CT molecular complexity index is 446. The van der Waals surface area contributed by atoms with Crippen LogP contribution in [0.25, 0.3) is 0 Å². The predicted octanol–water partition coefficient (Wildman–Crippen LogP) is 2.97. The number of aromatic carboxylic acids is 1. The first-order valence-electron chi connectivity index (χ1n) is 4.81. The summed E-state index contributed by atoms with van der Waals surface area (Å²) in [5.41, 5.74) is 1.04. The maximum atomic E-state index is 10.8. The van der Waals surface area contributed by atoms with Crippen LogP contribution in [0, 0.1) is 11.8 Å². The number of rotatable bonds is 4. The topological polar surface area (TPSA) is 49.3 Å². The summed E-state index contributed by atoms with van der Waals surface area (Å²) in [7, 11) is 0. The number of anilines is 1. The van der Waals surface area contributed by atoms with Crippen molar-refractivity contribution in [1.82, 2.24) is 0 Å². The number of carbonyl (C=O) groups is 1. The van der Waals surface area contributed by atoms with Gasteiger partial charge in [-0.05, 0) is 25.1 Å². The van der Waals surface area contributed by atoms with E-state index in [0.29, 0.717) is 6.54 Å². The summed E-state index contributed by atoms with van der Waals surface area (Å²) in [4.78, 5) is 10.8. The molecule has 0 heterocycles. The van der Waals surface area contributed by atoms with Crippen LogP contribution in [0.3, 0.4) is 0 Å². The van der Waals surface area contributed by atoms with E-state index < -0.39 is 5.97 Å². The molecule has 0 aliphatic rings. The molecule has 0 saturated heterocycles. The molecule has 0 radical (unpaired) electrons. The number of carboxylic acid groups (broad SMARTS) is 1. The molecule has 0 unspecified atom stereocenters. The van der Waals surface area contributed by atoms with E-state index in [4.69, 9.17) is 5.11 Å². The molecule has 0 saturated carbocycles. The Morgan fingerprint density at radius 1 is 1.50 bits per heavy atom. The molecule has 2 N–H and O–H groups in total. The maximum Gasteiger partial charge on any atom is 0.335 e. The van der Waals surface area contributed by atoms with Gasteiger partial charge in [0.2, 0.25) is 0 Å². The molecule has 16 heavy (non-hydrogen) atoms. The second kappa shape index (κ2) is 6.19. The predicted molar refractivity (Wildman–Crippen MR) is 67.7 cm³/mol. The molecule has 4 heteroatoms. The third kappa shape index (κ3) is 3.95. The second-order valence-electron chi connectivity index (χ2n) is 3.14. The van der Waals surface area contributed by atoms with Crippen LogP contribution in [0.15, 0.2) is 22.7 Å². The number of nitrogens with one attached hydrogen (secondary N) is 1. The van der Waals surface area contributed by atoms with Crippen molar-refractivity contribution >= 4 is 27.6 Å². The Kier molecular flexibility index (Phi) is 4.87. The Morgan fingerprint density at radius 3 is 2.88 bits per heavy atom. The highest BCUT2D eigenvalue weighted by Gasteiger charge is 2.05. The first kappa shape index (κ1) is 12.6. The number of benzene rings is 1. The van der Waals surface area contributed by atoms with Crippen LogP contribution in [0.5, 0.6) is 0 Å². The van der Waals surface area contributed by atoms with Gasteiger partial charge in [0.15, 0.2) is 0 Å². The van der Waals surface area contributed by atoms with Gasteiger partial charge >= 0.3 is 5.97 Å². The molecule has 0 bridgehead atoms. The molecule has 0 amide bonds. The number of hydrogen-bond donors (Lipinski definition) is 2. The summed E-state index contributed by atoms with van der Waals surface area (Å²) >= 11 is 3.27. The summed E-state index contributed by atoms with van der Waals surface area (Å²) in [5, 5.41) is 12.0. The van der Waals surface area contributed by atoms with Crippen molar-refractivity contribution in [3.8, 4) is 11.8 Å². The Morgan fingerprint density at radius 2 is 2.25 bits per heavy atom. The van der Waals surface area contributed by atoms with Gasteiger partial charge < -0.3 is 10.4 Å². The van der Waals surface area contributed by atoms with E-state index >= 15 is 0 Å². The van der Waals surface area contributed by atoms with Gasteiger partial charge in [-0.1, -0.05) is 15.9 Å². The zero-order chi connectivity index (χ0) is 12.0. The van der Waals surface area contributed by atoms with E-state index in [1.165, 1.54) is 0 Å². The third-order valence-corrected chi connectivity index (χ3v) is 2.36. The first-order valence-corrected chi connectivity index (χ1v) is 5.60. The highest BCUT2D eigenvalue weighted by Crippen LogP contribution is 2.19. The van der Waals surface area contributed by atoms with E-state index in [0.717, 1.165) is 16.6 Å². The largest absolute Gasteiger partial charge is 0.478 e. The third-order valence-electron chi connectivity index (χ3n) is 1.90. The Labute approximate surface area is 103 Å². The molecule has 3 nitrogen and oxygen atoms in total. The summed E-state index contributed by atoms with van der Waals surface area (Å²) in [5.74, 6) is 4.80. The first-order chi connectivity index (χ1) is 7.63. The van der Waals surface area contributed by atoms with Gasteiger partial charge in [0, 0.05) is 23.1 Å². The van der Waals surface area contributed by atoms with Gasteiger partial charge in [0.25, 0.3) is 0 Å². The summed E-state index contributed by atoms with van der Waals surface area (Å²) in [6.07, 6.45) is 0.741. The fourth-order valence-corrected chi connectivity index (χ4v) is 1.70. The molecule has 0 aliphatic carbocycles. The van der Waals surface area contributed by atoms with Crippen LogP contribution in [0.1, 0.15) is 23.7 Å². The van der Waals surface area contributed by atoms with Gasteiger partial charge in [0.05, 0.1) is 5.56 Å². The normalized spacial score (nSPS) is 9.12. The maximum absolute atomic E-state index is 10.8. The minimum Gasteiger partial charge on any atom is -0.478 e. The molecule has 0 atom stereocenters. The second-order valence-corrected chi connectivity index (χ2v) is 4.05. The summed E-state index contributed by atoms with van der Waals surface area (Å²) < 4.78 is 0.747. The summed E-state index contributed by atoms with van der Waals surface area (Å²) in [6, 6.07) is 5.01. The SMILES string of the molecule is CC#CCCNc1cc(Br)cc(C(=O)O)c1. The van der Waals surface area contributed by atoms with E-state index in [1.807, 2.05) is 6.07 Å². The quantitative estimate of drug-likeness (QED) is 0.659. The van der Waals surface area contributed by atoms with Gasteiger partial charge in [-0.15, -0.1) is 11.8 Å². The zero-order valence-corrected chi connectivity index (χ0v) is 10.5. The molecule has 1 rings (SSSR count). The molecule has 0 fully saturated rings. The molecule has 0 aromatic heterocycles. The van der Waals surface area contributed by atoms with E-state index in [9.17, 15) is 4.79 Å². The average molecular weight is 282 g/mol. The van der Waals surface area contributed by atoms with Crippen LogP contribution < -0.4 is 5.32 Å². The van der Waals surface area contributed by atoms with Crippen LogP contribution >= 0.6 is 15.9 Å². The molecule has 1 aromatic carbocycles. The molecule has 0 aliphatic heterocycles. The molecular formula is C12H12BrNO2. The molecule has 1 aromatic rings. The average Bonchev–Trinajstić information content (AvgIpc) is 2.23. The van der Waals surface area contributed by atoms with Crippen molar-refractivity contribution in [2.24, 2.45) is 0 Å². The van der Waals surface area contributed by atoms with Crippen molar-refractivity contribution in [2.75, 3.05) is 11.9 Å². The number of hydrogen-bond acceptors (Lipinski definition) is 2. The zero-order valence-electron chi connectivity index (χ0n) is 8.88. The van der Waals surface area contributed by atoms with Gasteiger partial charge in [-0.2, -0.15) is 0 Å².